The summed E-state index contributed by atoms with van der Waals surface area (Å²) in [4.78, 5) is 0. The highest BCUT2D eigenvalue weighted by molar-refractivity contribution is 7.99. The first-order valence-corrected chi connectivity index (χ1v) is 8.65. The van der Waals surface area contributed by atoms with Crippen LogP contribution in [0, 0.1) is 0 Å². The Morgan fingerprint density at radius 2 is 1.96 bits per heavy atom. The van der Waals surface area contributed by atoms with Crippen molar-refractivity contribution in [2.75, 3.05) is 12.4 Å². The number of nitrogens with zero attached hydrogens (tertiary/aromatic N) is 3. The first kappa shape index (κ1) is 15.6. The molecule has 3 rings (SSSR count). The molecule has 0 aliphatic carbocycles. The van der Waals surface area contributed by atoms with Crippen molar-refractivity contribution in [3.8, 4) is 11.4 Å². The van der Waals surface area contributed by atoms with Crippen molar-refractivity contribution >= 4 is 11.8 Å². The summed E-state index contributed by atoms with van der Waals surface area (Å²) in [6.07, 6.45) is 2.76. The number of para-hydroxylation sites is 1. The van der Waals surface area contributed by atoms with E-state index >= 15 is 0 Å². The normalized spacial score (nSPS) is 10.7. The zero-order valence-corrected chi connectivity index (χ0v) is 13.9. The standard InChI is InChI=1S/C18H19N3OS/c1-2-15-7-6-10-17(13-15)22-11-12-23-18-20-19-14-21(18)16-8-4-3-5-9-16/h3-10,13-14H,2,11-12H2,1H3. The Morgan fingerprint density at radius 3 is 2.78 bits per heavy atom. The Bertz CT molecular complexity index is 743. The Labute approximate surface area is 140 Å². The maximum atomic E-state index is 5.81. The molecule has 0 spiro atoms. The van der Waals surface area contributed by atoms with E-state index in [1.807, 2.05) is 47.0 Å². The molecule has 0 amide bonds. The van der Waals surface area contributed by atoms with Crippen molar-refractivity contribution in [1.82, 2.24) is 14.8 Å². The predicted octanol–water partition coefficient (Wildman–Crippen LogP) is 4.00. The molecule has 5 heteroatoms. The highest BCUT2D eigenvalue weighted by atomic mass is 32.2. The third-order valence-corrected chi connectivity index (χ3v) is 4.35. The molecule has 118 valence electrons. The van der Waals surface area contributed by atoms with Gasteiger partial charge in [-0.2, -0.15) is 0 Å². The van der Waals surface area contributed by atoms with Gasteiger partial charge in [-0.15, -0.1) is 10.2 Å². The highest BCUT2D eigenvalue weighted by Gasteiger charge is 2.06. The SMILES string of the molecule is CCc1cccc(OCCSc2nncn2-c2ccccc2)c1. The van der Waals surface area contributed by atoms with Gasteiger partial charge in [0.2, 0.25) is 0 Å². The lowest BCUT2D eigenvalue weighted by Crippen LogP contribution is -2.02. The van der Waals surface area contributed by atoms with Gasteiger partial charge in [0.15, 0.2) is 5.16 Å². The fourth-order valence-corrected chi connectivity index (χ4v) is 2.98. The van der Waals surface area contributed by atoms with Crippen LogP contribution in [0.25, 0.3) is 5.69 Å². The van der Waals surface area contributed by atoms with Gasteiger partial charge in [-0.25, -0.2) is 0 Å². The Hall–Kier alpha value is -2.27. The van der Waals surface area contributed by atoms with E-state index in [0.29, 0.717) is 6.61 Å². The van der Waals surface area contributed by atoms with Gasteiger partial charge < -0.3 is 4.74 Å². The van der Waals surface area contributed by atoms with Gasteiger partial charge >= 0.3 is 0 Å². The van der Waals surface area contributed by atoms with Gasteiger partial charge in [0.05, 0.1) is 6.61 Å². The second kappa shape index (κ2) is 7.83. The molecule has 0 atom stereocenters. The first-order valence-electron chi connectivity index (χ1n) is 7.67. The summed E-state index contributed by atoms with van der Waals surface area (Å²) < 4.78 is 7.80. The van der Waals surface area contributed by atoms with E-state index in [0.717, 1.165) is 28.8 Å². The number of aromatic nitrogens is 3. The predicted molar refractivity (Wildman–Crippen MR) is 93.4 cm³/mol. The topological polar surface area (TPSA) is 39.9 Å². The monoisotopic (exact) mass is 325 g/mol. The molecule has 0 radical (unpaired) electrons. The molecule has 1 aromatic heterocycles. The number of aryl methyl sites for hydroxylation is 1. The third-order valence-electron chi connectivity index (χ3n) is 3.44. The molecule has 3 aromatic rings. The van der Waals surface area contributed by atoms with E-state index in [1.54, 1.807) is 18.1 Å². The van der Waals surface area contributed by atoms with Crippen LogP contribution in [0.4, 0.5) is 0 Å². The van der Waals surface area contributed by atoms with Gasteiger partial charge in [0.1, 0.15) is 12.1 Å². The molecule has 0 saturated carbocycles. The highest BCUT2D eigenvalue weighted by Crippen LogP contribution is 2.20. The van der Waals surface area contributed by atoms with E-state index in [9.17, 15) is 0 Å². The number of benzene rings is 2. The van der Waals surface area contributed by atoms with Gasteiger partial charge in [-0.1, -0.05) is 49.0 Å². The molecule has 0 fully saturated rings. The van der Waals surface area contributed by atoms with E-state index in [4.69, 9.17) is 4.74 Å². The van der Waals surface area contributed by atoms with E-state index in [1.165, 1.54) is 5.56 Å². The van der Waals surface area contributed by atoms with Crippen molar-refractivity contribution in [3.63, 3.8) is 0 Å². The number of hydrogen-bond acceptors (Lipinski definition) is 4. The van der Waals surface area contributed by atoms with Crippen molar-refractivity contribution in [3.05, 3.63) is 66.5 Å². The summed E-state index contributed by atoms with van der Waals surface area (Å²) in [6.45, 7) is 2.78. The average molecular weight is 325 g/mol. The molecule has 0 bridgehead atoms. The number of ether oxygens (including phenoxy) is 1. The molecular formula is C18H19N3OS. The van der Waals surface area contributed by atoms with Crippen LogP contribution in [0.15, 0.2) is 66.1 Å². The fourth-order valence-electron chi connectivity index (χ4n) is 2.24. The molecule has 0 N–H and O–H groups in total. The molecule has 0 aliphatic heterocycles. The Balaban J connectivity index is 1.54. The molecule has 2 aromatic carbocycles. The van der Waals surface area contributed by atoms with Crippen LogP contribution in [0.5, 0.6) is 5.75 Å². The van der Waals surface area contributed by atoms with Crippen LogP contribution in [0.3, 0.4) is 0 Å². The summed E-state index contributed by atoms with van der Waals surface area (Å²) in [5, 5.41) is 9.07. The zero-order valence-electron chi connectivity index (χ0n) is 13.1. The van der Waals surface area contributed by atoms with Crippen LogP contribution in [-0.4, -0.2) is 27.1 Å². The van der Waals surface area contributed by atoms with E-state index < -0.39 is 0 Å². The maximum Gasteiger partial charge on any atom is 0.195 e. The summed E-state index contributed by atoms with van der Waals surface area (Å²) in [6, 6.07) is 18.3. The van der Waals surface area contributed by atoms with Crippen molar-refractivity contribution < 1.29 is 4.74 Å². The summed E-state index contributed by atoms with van der Waals surface area (Å²) in [5.74, 6) is 1.75. The minimum atomic E-state index is 0.638. The molecule has 4 nitrogen and oxygen atoms in total. The second-order valence-corrected chi connectivity index (χ2v) is 6.08. The van der Waals surface area contributed by atoms with Crippen LogP contribution in [0.2, 0.25) is 0 Å². The van der Waals surface area contributed by atoms with Crippen molar-refractivity contribution in [2.24, 2.45) is 0 Å². The van der Waals surface area contributed by atoms with Gasteiger partial charge in [0, 0.05) is 11.4 Å². The Kier molecular flexibility index (Phi) is 5.32. The quantitative estimate of drug-likeness (QED) is 0.486. The first-order chi connectivity index (χ1) is 11.4. The van der Waals surface area contributed by atoms with Crippen LogP contribution in [0.1, 0.15) is 12.5 Å². The number of thioether (sulfide) groups is 1. The number of rotatable bonds is 7. The molecule has 0 unspecified atom stereocenters. The molecular weight excluding hydrogens is 306 g/mol. The van der Waals surface area contributed by atoms with E-state index in [2.05, 4.69) is 29.3 Å². The Morgan fingerprint density at radius 1 is 1.09 bits per heavy atom. The summed E-state index contributed by atoms with van der Waals surface area (Å²) in [7, 11) is 0. The second-order valence-electron chi connectivity index (χ2n) is 5.02. The molecule has 23 heavy (non-hydrogen) atoms. The smallest absolute Gasteiger partial charge is 0.195 e. The zero-order chi connectivity index (χ0) is 15.9. The maximum absolute atomic E-state index is 5.81. The van der Waals surface area contributed by atoms with Crippen LogP contribution < -0.4 is 4.74 Å². The van der Waals surface area contributed by atoms with E-state index in [-0.39, 0.29) is 0 Å². The van der Waals surface area contributed by atoms with Crippen molar-refractivity contribution in [1.29, 1.82) is 0 Å². The fraction of sp³-hybridized carbons (Fsp3) is 0.222. The lowest BCUT2D eigenvalue weighted by atomic mass is 10.2. The minimum Gasteiger partial charge on any atom is -0.493 e. The van der Waals surface area contributed by atoms with Gasteiger partial charge in [-0.3, -0.25) is 4.57 Å². The minimum absolute atomic E-state index is 0.638. The molecule has 0 saturated heterocycles. The van der Waals surface area contributed by atoms with Gasteiger partial charge in [-0.05, 0) is 36.2 Å². The molecule has 0 aliphatic rings. The molecule has 1 heterocycles. The average Bonchev–Trinajstić information content (AvgIpc) is 3.08. The lowest BCUT2D eigenvalue weighted by molar-refractivity contribution is 0.343. The summed E-state index contributed by atoms with van der Waals surface area (Å²) >= 11 is 1.64. The third kappa shape index (κ3) is 4.13. The van der Waals surface area contributed by atoms with Gasteiger partial charge in [0.25, 0.3) is 0 Å². The van der Waals surface area contributed by atoms with Crippen LogP contribution >= 0.6 is 11.8 Å². The largest absolute Gasteiger partial charge is 0.493 e. The lowest BCUT2D eigenvalue weighted by Gasteiger charge is -2.08. The number of hydrogen-bond donors (Lipinski definition) is 0. The van der Waals surface area contributed by atoms with Crippen molar-refractivity contribution in [2.45, 2.75) is 18.5 Å². The van der Waals surface area contributed by atoms with Crippen LogP contribution in [-0.2, 0) is 6.42 Å². The summed E-state index contributed by atoms with van der Waals surface area (Å²) in [5.41, 5.74) is 2.36.